The van der Waals surface area contributed by atoms with Crippen molar-refractivity contribution in [2.75, 3.05) is 6.61 Å². The van der Waals surface area contributed by atoms with Gasteiger partial charge in [-0.25, -0.2) is 9.59 Å². The van der Waals surface area contributed by atoms with Crippen molar-refractivity contribution in [1.29, 1.82) is 0 Å². The van der Waals surface area contributed by atoms with Gasteiger partial charge in [0, 0.05) is 0 Å². The summed E-state index contributed by atoms with van der Waals surface area (Å²) in [6.45, 7) is 5.74. The second-order valence-corrected chi connectivity index (χ2v) is 4.14. The molecule has 0 saturated carbocycles. The van der Waals surface area contributed by atoms with Crippen molar-refractivity contribution in [3.63, 3.8) is 0 Å². The lowest BCUT2D eigenvalue weighted by Gasteiger charge is -2.13. The molecule has 0 aromatic heterocycles. The van der Waals surface area contributed by atoms with Crippen LogP contribution in [0, 0.1) is 0 Å². The highest BCUT2D eigenvalue weighted by molar-refractivity contribution is 6.30. The topological polar surface area (TPSA) is 61.8 Å². The number of rotatable bonds is 5. The van der Waals surface area contributed by atoms with Gasteiger partial charge in [-0.2, -0.15) is 0 Å². The standard InChI is InChI=1S/C14H18O5/c1-4-9-17-13(15)14(16)19-12-8-6-5-7-11(12)18-10(2)3/h5-8,10H,4,9H2,1-3H3. The lowest BCUT2D eigenvalue weighted by Crippen LogP contribution is -2.23. The lowest BCUT2D eigenvalue weighted by molar-refractivity contribution is -0.162. The monoisotopic (exact) mass is 266 g/mol. The van der Waals surface area contributed by atoms with Crippen molar-refractivity contribution in [2.45, 2.75) is 33.3 Å². The Bertz CT molecular complexity index is 439. The zero-order chi connectivity index (χ0) is 14.3. The third-order valence-electron chi connectivity index (χ3n) is 2.02. The van der Waals surface area contributed by atoms with Crippen LogP contribution >= 0.6 is 0 Å². The minimum absolute atomic E-state index is 0.0631. The maximum atomic E-state index is 11.5. The first-order valence-electron chi connectivity index (χ1n) is 6.19. The molecule has 104 valence electrons. The molecule has 0 atom stereocenters. The molecule has 0 N–H and O–H groups in total. The fourth-order valence-corrected chi connectivity index (χ4v) is 1.28. The molecular weight excluding hydrogens is 248 g/mol. The summed E-state index contributed by atoms with van der Waals surface area (Å²) >= 11 is 0. The van der Waals surface area contributed by atoms with Gasteiger partial charge in [-0.1, -0.05) is 19.1 Å². The van der Waals surface area contributed by atoms with Crippen LogP contribution in [0.2, 0.25) is 0 Å². The summed E-state index contributed by atoms with van der Waals surface area (Å²) in [4.78, 5) is 22.8. The summed E-state index contributed by atoms with van der Waals surface area (Å²) < 4.78 is 15.1. The quantitative estimate of drug-likeness (QED) is 0.465. The van der Waals surface area contributed by atoms with Gasteiger partial charge in [0.25, 0.3) is 0 Å². The van der Waals surface area contributed by atoms with E-state index in [0.29, 0.717) is 12.2 Å². The van der Waals surface area contributed by atoms with E-state index < -0.39 is 11.9 Å². The van der Waals surface area contributed by atoms with E-state index in [4.69, 9.17) is 14.2 Å². The first-order chi connectivity index (χ1) is 9.04. The van der Waals surface area contributed by atoms with Crippen molar-refractivity contribution in [2.24, 2.45) is 0 Å². The molecule has 5 heteroatoms. The molecule has 0 fully saturated rings. The summed E-state index contributed by atoms with van der Waals surface area (Å²) in [5.41, 5.74) is 0. The predicted octanol–water partition coefficient (Wildman–Crippen LogP) is 2.33. The summed E-state index contributed by atoms with van der Waals surface area (Å²) in [7, 11) is 0. The average Bonchev–Trinajstić information content (AvgIpc) is 2.37. The highest BCUT2D eigenvalue weighted by Gasteiger charge is 2.20. The molecule has 0 aliphatic rings. The van der Waals surface area contributed by atoms with E-state index in [2.05, 4.69) is 0 Å². The van der Waals surface area contributed by atoms with E-state index in [9.17, 15) is 9.59 Å². The van der Waals surface area contributed by atoms with Crippen LogP contribution in [-0.2, 0) is 14.3 Å². The zero-order valence-corrected chi connectivity index (χ0v) is 11.3. The molecular formula is C14H18O5. The van der Waals surface area contributed by atoms with E-state index in [0.717, 1.165) is 0 Å². The minimum Gasteiger partial charge on any atom is -0.487 e. The van der Waals surface area contributed by atoms with E-state index >= 15 is 0 Å². The largest absolute Gasteiger partial charge is 0.487 e. The predicted molar refractivity (Wildman–Crippen MR) is 69.1 cm³/mol. The molecule has 0 spiro atoms. The second kappa shape index (κ2) is 7.41. The van der Waals surface area contributed by atoms with Crippen LogP contribution in [-0.4, -0.2) is 24.6 Å². The summed E-state index contributed by atoms with van der Waals surface area (Å²) in [6, 6.07) is 6.67. The molecule has 0 saturated heterocycles. The Labute approximate surface area is 112 Å². The Morgan fingerprint density at radius 1 is 1.11 bits per heavy atom. The third-order valence-corrected chi connectivity index (χ3v) is 2.02. The zero-order valence-electron chi connectivity index (χ0n) is 11.3. The molecule has 0 radical (unpaired) electrons. The van der Waals surface area contributed by atoms with Crippen molar-refractivity contribution in [3.8, 4) is 11.5 Å². The van der Waals surface area contributed by atoms with Gasteiger partial charge in [-0.3, -0.25) is 0 Å². The fourth-order valence-electron chi connectivity index (χ4n) is 1.28. The molecule has 0 heterocycles. The first kappa shape index (κ1) is 15.0. The molecule has 1 rings (SSSR count). The van der Waals surface area contributed by atoms with E-state index in [1.165, 1.54) is 0 Å². The van der Waals surface area contributed by atoms with Gasteiger partial charge in [0.05, 0.1) is 12.7 Å². The molecule has 1 aromatic carbocycles. The van der Waals surface area contributed by atoms with E-state index in [-0.39, 0.29) is 18.5 Å². The van der Waals surface area contributed by atoms with Gasteiger partial charge >= 0.3 is 11.9 Å². The second-order valence-electron chi connectivity index (χ2n) is 4.14. The summed E-state index contributed by atoms with van der Waals surface area (Å²) in [5.74, 6) is -1.43. The van der Waals surface area contributed by atoms with Gasteiger partial charge in [0.2, 0.25) is 0 Å². The lowest BCUT2D eigenvalue weighted by atomic mass is 10.3. The van der Waals surface area contributed by atoms with Crippen LogP contribution in [0.3, 0.4) is 0 Å². The number of benzene rings is 1. The van der Waals surface area contributed by atoms with Gasteiger partial charge < -0.3 is 14.2 Å². The van der Waals surface area contributed by atoms with Crippen LogP contribution in [0.25, 0.3) is 0 Å². The number of carbonyl (C=O) groups is 2. The maximum absolute atomic E-state index is 11.5. The number of para-hydroxylation sites is 2. The highest BCUT2D eigenvalue weighted by atomic mass is 16.6. The van der Waals surface area contributed by atoms with E-state index in [1.54, 1.807) is 24.3 Å². The number of hydrogen-bond acceptors (Lipinski definition) is 5. The van der Waals surface area contributed by atoms with Crippen molar-refractivity contribution >= 4 is 11.9 Å². The number of esters is 2. The molecule has 19 heavy (non-hydrogen) atoms. The molecule has 5 nitrogen and oxygen atoms in total. The Morgan fingerprint density at radius 2 is 1.74 bits per heavy atom. The van der Waals surface area contributed by atoms with Crippen molar-refractivity contribution in [1.82, 2.24) is 0 Å². The van der Waals surface area contributed by atoms with Gasteiger partial charge in [-0.05, 0) is 32.4 Å². The Kier molecular flexibility index (Phi) is 5.85. The summed E-state index contributed by atoms with van der Waals surface area (Å²) in [6.07, 6.45) is 0.582. The van der Waals surface area contributed by atoms with Gasteiger partial charge in [0.1, 0.15) is 0 Å². The Morgan fingerprint density at radius 3 is 2.32 bits per heavy atom. The first-order valence-corrected chi connectivity index (χ1v) is 6.19. The third kappa shape index (κ3) is 4.99. The van der Waals surface area contributed by atoms with Crippen LogP contribution in [0.5, 0.6) is 11.5 Å². The maximum Gasteiger partial charge on any atom is 0.422 e. The molecule has 1 aromatic rings. The molecule has 0 amide bonds. The normalized spacial score (nSPS) is 10.1. The van der Waals surface area contributed by atoms with Gasteiger partial charge in [0.15, 0.2) is 11.5 Å². The molecule has 0 bridgehead atoms. The fraction of sp³-hybridized carbons (Fsp3) is 0.429. The van der Waals surface area contributed by atoms with Crippen LogP contribution in [0.4, 0.5) is 0 Å². The van der Waals surface area contributed by atoms with Crippen molar-refractivity contribution < 1.29 is 23.8 Å². The average molecular weight is 266 g/mol. The van der Waals surface area contributed by atoms with Crippen LogP contribution in [0.15, 0.2) is 24.3 Å². The number of ether oxygens (including phenoxy) is 3. The van der Waals surface area contributed by atoms with Crippen LogP contribution in [0.1, 0.15) is 27.2 Å². The minimum atomic E-state index is -1.05. The van der Waals surface area contributed by atoms with Gasteiger partial charge in [-0.15, -0.1) is 0 Å². The van der Waals surface area contributed by atoms with Crippen LogP contribution < -0.4 is 9.47 Å². The van der Waals surface area contributed by atoms with E-state index in [1.807, 2.05) is 20.8 Å². The number of carbonyl (C=O) groups excluding carboxylic acids is 2. The van der Waals surface area contributed by atoms with Crippen molar-refractivity contribution in [3.05, 3.63) is 24.3 Å². The highest BCUT2D eigenvalue weighted by Crippen LogP contribution is 2.27. The molecule has 0 aliphatic heterocycles. The molecule has 0 aliphatic carbocycles. The number of hydrogen-bond donors (Lipinski definition) is 0. The molecule has 0 unspecified atom stereocenters. The SMILES string of the molecule is CCCOC(=O)C(=O)Oc1ccccc1OC(C)C. The Hall–Kier alpha value is -2.04. The Balaban J connectivity index is 2.70. The smallest absolute Gasteiger partial charge is 0.422 e. The summed E-state index contributed by atoms with van der Waals surface area (Å²) in [5, 5.41) is 0.